The van der Waals surface area contributed by atoms with Crippen molar-refractivity contribution < 1.29 is 9.53 Å². The van der Waals surface area contributed by atoms with Gasteiger partial charge in [0.15, 0.2) is 0 Å². The Morgan fingerprint density at radius 2 is 2.38 bits per heavy atom. The van der Waals surface area contributed by atoms with E-state index < -0.39 is 0 Å². The zero-order valence-electron chi connectivity index (χ0n) is 9.07. The van der Waals surface area contributed by atoms with Gasteiger partial charge in [-0.15, -0.1) is 11.3 Å². The smallest absolute Gasteiger partial charge is 0.328 e. The third kappa shape index (κ3) is 1.76. The Kier molecular flexibility index (Phi) is 2.69. The molecule has 2 heterocycles. The van der Waals surface area contributed by atoms with Crippen LogP contribution >= 0.6 is 11.3 Å². The maximum absolute atomic E-state index is 12.0. The van der Waals surface area contributed by atoms with Crippen LogP contribution in [0.1, 0.15) is 35.7 Å². The fourth-order valence-corrected chi connectivity index (χ4v) is 3.10. The molecule has 16 heavy (non-hydrogen) atoms. The number of rotatable bonds is 2. The predicted molar refractivity (Wildman–Crippen MR) is 62.5 cm³/mol. The molecule has 1 fully saturated rings. The topological polar surface area (TPSA) is 38.3 Å². The molecule has 1 atom stereocenters. The lowest BCUT2D eigenvalue weighted by Gasteiger charge is -2.29. The quantitative estimate of drug-likeness (QED) is 0.800. The maximum atomic E-state index is 12.0. The zero-order chi connectivity index (χ0) is 11.0. The van der Waals surface area contributed by atoms with Gasteiger partial charge in [0.2, 0.25) is 0 Å². The van der Waals surface area contributed by atoms with Gasteiger partial charge in [0.25, 0.3) is 0 Å². The average molecular weight is 237 g/mol. The van der Waals surface area contributed by atoms with Crippen molar-refractivity contribution in [1.29, 1.82) is 0 Å². The monoisotopic (exact) mass is 237 g/mol. The van der Waals surface area contributed by atoms with Crippen molar-refractivity contribution in [3.8, 4) is 0 Å². The van der Waals surface area contributed by atoms with E-state index in [1.54, 1.807) is 11.3 Å². The van der Waals surface area contributed by atoms with Gasteiger partial charge in [0.05, 0.1) is 0 Å². The van der Waals surface area contributed by atoms with E-state index in [9.17, 15) is 4.79 Å². The minimum Gasteiger partial charge on any atom is -0.461 e. The summed E-state index contributed by atoms with van der Waals surface area (Å²) in [5, 5.41) is 5.30. The van der Waals surface area contributed by atoms with Crippen LogP contribution in [0.25, 0.3) is 0 Å². The SMILES string of the molecule is O=C(OC1CCC1)C1NCCc2sccc21. The molecule has 0 radical (unpaired) electrons. The van der Waals surface area contributed by atoms with E-state index in [4.69, 9.17) is 4.74 Å². The van der Waals surface area contributed by atoms with Crippen molar-refractivity contribution in [2.75, 3.05) is 6.54 Å². The molecule has 0 amide bonds. The lowest BCUT2D eigenvalue weighted by Crippen LogP contribution is -2.38. The molecular formula is C12H15NO2S. The standard InChI is InChI=1S/C12H15NO2S/c14-12(15-8-2-1-3-8)11-9-5-7-16-10(9)4-6-13-11/h5,7-8,11,13H,1-4,6H2. The van der Waals surface area contributed by atoms with Crippen LogP contribution in [0.15, 0.2) is 11.4 Å². The summed E-state index contributed by atoms with van der Waals surface area (Å²) >= 11 is 1.74. The molecule has 2 aliphatic rings. The molecule has 0 spiro atoms. The minimum atomic E-state index is -0.226. The highest BCUT2D eigenvalue weighted by Gasteiger charge is 2.31. The number of thiophene rings is 1. The minimum absolute atomic E-state index is 0.0935. The molecule has 1 unspecified atom stereocenters. The molecule has 0 aromatic carbocycles. The summed E-state index contributed by atoms with van der Waals surface area (Å²) in [6.07, 6.45) is 4.47. The van der Waals surface area contributed by atoms with Crippen LogP contribution in [0.2, 0.25) is 0 Å². The van der Waals surface area contributed by atoms with Crippen LogP contribution in [0.5, 0.6) is 0 Å². The van der Waals surface area contributed by atoms with Gasteiger partial charge >= 0.3 is 5.97 Å². The molecule has 1 aromatic rings. The van der Waals surface area contributed by atoms with Crippen LogP contribution in [0, 0.1) is 0 Å². The first-order valence-electron chi connectivity index (χ1n) is 5.85. The van der Waals surface area contributed by atoms with E-state index in [-0.39, 0.29) is 18.1 Å². The second-order valence-electron chi connectivity index (χ2n) is 4.43. The van der Waals surface area contributed by atoms with E-state index in [1.165, 1.54) is 11.3 Å². The zero-order valence-corrected chi connectivity index (χ0v) is 9.89. The number of carbonyl (C=O) groups excluding carboxylic acids is 1. The maximum Gasteiger partial charge on any atom is 0.328 e. The van der Waals surface area contributed by atoms with E-state index in [1.807, 2.05) is 6.07 Å². The molecule has 3 rings (SSSR count). The Morgan fingerprint density at radius 1 is 1.50 bits per heavy atom. The van der Waals surface area contributed by atoms with Gasteiger partial charge in [-0.3, -0.25) is 0 Å². The molecular weight excluding hydrogens is 222 g/mol. The van der Waals surface area contributed by atoms with Crippen molar-refractivity contribution >= 4 is 17.3 Å². The molecule has 0 saturated heterocycles. The highest BCUT2D eigenvalue weighted by molar-refractivity contribution is 7.10. The number of nitrogens with one attached hydrogen (secondary N) is 1. The normalized spacial score (nSPS) is 24.6. The summed E-state index contributed by atoms with van der Waals surface area (Å²) in [5.74, 6) is -0.0935. The van der Waals surface area contributed by atoms with Crippen LogP contribution in [-0.2, 0) is 16.0 Å². The first-order valence-corrected chi connectivity index (χ1v) is 6.73. The molecule has 4 heteroatoms. The molecule has 0 bridgehead atoms. The first kappa shape index (κ1) is 10.3. The number of esters is 1. The van der Waals surface area contributed by atoms with Crippen molar-refractivity contribution in [2.45, 2.75) is 37.8 Å². The van der Waals surface area contributed by atoms with E-state index >= 15 is 0 Å². The van der Waals surface area contributed by atoms with Crippen molar-refractivity contribution in [3.05, 3.63) is 21.9 Å². The largest absolute Gasteiger partial charge is 0.461 e. The van der Waals surface area contributed by atoms with Crippen LogP contribution in [0.3, 0.4) is 0 Å². The van der Waals surface area contributed by atoms with Crippen molar-refractivity contribution in [2.24, 2.45) is 0 Å². The van der Waals surface area contributed by atoms with Crippen LogP contribution in [0.4, 0.5) is 0 Å². The van der Waals surface area contributed by atoms with Gasteiger partial charge in [0, 0.05) is 11.4 Å². The Hall–Kier alpha value is -0.870. The van der Waals surface area contributed by atoms with Crippen LogP contribution < -0.4 is 5.32 Å². The molecule has 1 saturated carbocycles. The highest BCUT2D eigenvalue weighted by atomic mass is 32.1. The molecule has 1 N–H and O–H groups in total. The Balaban J connectivity index is 1.73. The second-order valence-corrected chi connectivity index (χ2v) is 5.43. The summed E-state index contributed by atoms with van der Waals surface area (Å²) in [6.45, 7) is 0.873. The Morgan fingerprint density at radius 3 is 3.12 bits per heavy atom. The van der Waals surface area contributed by atoms with Crippen LogP contribution in [-0.4, -0.2) is 18.6 Å². The summed E-state index contributed by atoms with van der Waals surface area (Å²) < 4.78 is 5.46. The van der Waals surface area contributed by atoms with Gasteiger partial charge in [-0.1, -0.05) is 0 Å². The molecule has 1 aromatic heterocycles. The van der Waals surface area contributed by atoms with Gasteiger partial charge in [0.1, 0.15) is 12.1 Å². The summed E-state index contributed by atoms with van der Waals surface area (Å²) in [6, 6.07) is 1.81. The number of carbonyl (C=O) groups is 1. The number of fused-ring (bicyclic) bond motifs is 1. The number of hydrogen-bond donors (Lipinski definition) is 1. The fourth-order valence-electron chi connectivity index (χ4n) is 2.18. The van der Waals surface area contributed by atoms with Crippen molar-refractivity contribution in [1.82, 2.24) is 5.32 Å². The Labute approximate surface area is 98.8 Å². The predicted octanol–water partition coefficient (Wildman–Crippen LogP) is 2.03. The third-order valence-corrected chi connectivity index (χ3v) is 4.36. The number of ether oxygens (including phenoxy) is 1. The number of hydrogen-bond acceptors (Lipinski definition) is 4. The third-order valence-electron chi connectivity index (χ3n) is 3.36. The van der Waals surface area contributed by atoms with Crippen molar-refractivity contribution in [3.63, 3.8) is 0 Å². The Bertz CT molecular complexity index is 397. The molecule has 3 nitrogen and oxygen atoms in total. The fraction of sp³-hybridized carbons (Fsp3) is 0.583. The van der Waals surface area contributed by atoms with E-state index in [0.29, 0.717) is 0 Å². The van der Waals surface area contributed by atoms with Gasteiger partial charge in [-0.05, 0) is 42.7 Å². The van der Waals surface area contributed by atoms with Gasteiger partial charge in [-0.25, -0.2) is 4.79 Å². The molecule has 1 aliphatic carbocycles. The first-order chi connectivity index (χ1) is 7.84. The highest BCUT2D eigenvalue weighted by Crippen LogP contribution is 2.30. The summed E-state index contributed by atoms with van der Waals surface area (Å²) in [4.78, 5) is 13.3. The summed E-state index contributed by atoms with van der Waals surface area (Å²) in [5.41, 5.74) is 1.13. The van der Waals surface area contributed by atoms with Gasteiger partial charge in [-0.2, -0.15) is 0 Å². The molecule has 86 valence electrons. The average Bonchev–Trinajstić information content (AvgIpc) is 2.70. The lowest BCUT2D eigenvalue weighted by molar-refractivity contribution is -0.155. The van der Waals surface area contributed by atoms with E-state index in [0.717, 1.165) is 31.4 Å². The summed E-state index contributed by atoms with van der Waals surface area (Å²) in [7, 11) is 0. The second kappa shape index (κ2) is 4.18. The lowest BCUT2D eigenvalue weighted by atomic mass is 9.96. The molecule has 1 aliphatic heterocycles. The van der Waals surface area contributed by atoms with Gasteiger partial charge < -0.3 is 10.1 Å². The van der Waals surface area contributed by atoms with E-state index in [2.05, 4.69) is 10.7 Å².